The van der Waals surface area contributed by atoms with Gasteiger partial charge in [0.05, 0.1) is 28.2 Å². The molecule has 1 fully saturated rings. The Morgan fingerprint density at radius 2 is 1.70 bits per heavy atom. The Morgan fingerprint density at radius 3 is 2.50 bits per heavy atom. The van der Waals surface area contributed by atoms with E-state index in [1.54, 1.807) is 0 Å². The van der Waals surface area contributed by atoms with E-state index >= 15 is 0 Å². The summed E-state index contributed by atoms with van der Waals surface area (Å²) >= 11 is 0. The van der Waals surface area contributed by atoms with E-state index in [0.29, 0.717) is 60.4 Å². The molecule has 6 rings (SSSR count). The van der Waals surface area contributed by atoms with Gasteiger partial charge < -0.3 is 9.63 Å². The van der Waals surface area contributed by atoms with Crippen LogP contribution in [-0.2, 0) is 17.6 Å². The maximum absolute atomic E-state index is 13.3. The molecule has 0 saturated heterocycles. The summed E-state index contributed by atoms with van der Waals surface area (Å²) in [6, 6.07) is 24.0. The van der Waals surface area contributed by atoms with Gasteiger partial charge in [0.2, 0.25) is 0 Å². The average Bonchev–Trinajstić information content (AvgIpc) is 3.35. The van der Waals surface area contributed by atoms with Crippen LogP contribution >= 0.6 is 0 Å². The number of carbonyl (C=O) groups excluding carboxylic acids is 2. The number of aliphatic hydroxyl groups excluding tert-OH is 1. The Morgan fingerprint density at radius 1 is 0.950 bits per heavy atom. The maximum atomic E-state index is 13.3. The number of hydrogen-bond donors (Lipinski definition) is 1. The van der Waals surface area contributed by atoms with Crippen LogP contribution in [-0.4, -0.2) is 27.5 Å². The van der Waals surface area contributed by atoms with Crippen LogP contribution in [0.3, 0.4) is 0 Å². The van der Waals surface area contributed by atoms with Gasteiger partial charge in [-0.15, -0.1) is 0 Å². The summed E-state index contributed by atoms with van der Waals surface area (Å²) in [6.07, 6.45) is 2.39. The number of aliphatic hydroxyl groups is 1. The smallest absolute Gasteiger partial charge is 0.168 e. The summed E-state index contributed by atoms with van der Waals surface area (Å²) in [4.78, 5) is 31.3. The SMILES string of the molecule is CC1(C)CC(=O)C(=C(O)CCc2noc3c2C(=O)CC(c2ccccc2)C3)C(=Nc2ccc3ccccc3c2)C1. The normalized spacial score (nSPS) is 21.1. The Labute approximate surface area is 233 Å². The number of rotatable bonds is 5. The predicted molar refractivity (Wildman–Crippen MR) is 155 cm³/mol. The molecule has 0 radical (unpaired) electrons. The van der Waals surface area contributed by atoms with Gasteiger partial charge in [0.1, 0.15) is 11.5 Å². The lowest BCUT2D eigenvalue weighted by atomic mass is 9.73. The van der Waals surface area contributed by atoms with Crippen LogP contribution in [0.1, 0.15) is 72.8 Å². The van der Waals surface area contributed by atoms with Gasteiger partial charge in [-0.05, 0) is 46.2 Å². The van der Waals surface area contributed by atoms with E-state index in [2.05, 4.69) is 5.16 Å². The molecule has 3 aromatic carbocycles. The summed E-state index contributed by atoms with van der Waals surface area (Å²) in [7, 11) is 0. The van der Waals surface area contributed by atoms with Gasteiger partial charge in [-0.1, -0.05) is 79.7 Å². The number of aliphatic imine (C=N–C) groups is 1. The van der Waals surface area contributed by atoms with Gasteiger partial charge in [-0.3, -0.25) is 14.6 Å². The van der Waals surface area contributed by atoms with E-state index in [9.17, 15) is 14.7 Å². The highest BCUT2D eigenvalue weighted by Crippen LogP contribution is 2.38. The molecule has 6 heteroatoms. The van der Waals surface area contributed by atoms with Crippen LogP contribution in [0.5, 0.6) is 0 Å². The highest BCUT2D eigenvalue weighted by atomic mass is 16.5. The topological polar surface area (TPSA) is 92.8 Å². The van der Waals surface area contributed by atoms with Crippen LogP contribution in [0.25, 0.3) is 10.8 Å². The molecular weight excluding hydrogens is 500 g/mol. The van der Waals surface area contributed by atoms with Crippen molar-refractivity contribution in [3.63, 3.8) is 0 Å². The molecule has 0 bridgehead atoms. The molecular formula is C34H32N2O4. The fourth-order valence-electron chi connectivity index (χ4n) is 6.05. The zero-order chi connectivity index (χ0) is 27.9. The lowest BCUT2D eigenvalue weighted by Crippen LogP contribution is -2.32. The number of carbonyl (C=O) groups is 2. The number of hydrogen-bond acceptors (Lipinski definition) is 6. The minimum Gasteiger partial charge on any atom is -0.511 e. The van der Waals surface area contributed by atoms with Gasteiger partial charge in [0, 0.05) is 32.1 Å². The Balaban J connectivity index is 1.27. The van der Waals surface area contributed by atoms with Crippen LogP contribution in [0.4, 0.5) is 5.69 Å². The van der Waals surface area contributed by atoms with Crippen LogP contribution in [0.15, 0.2) is 93.6 Å². The van der Waals surface area contributed by atoms with E-state index < -0.39 is 0 Å². The second-order valence-electron chi connectivity index (χ2n) is 11.7. The van der Waals surface area contributed by atoms with Crippen molar-refractivity contribution in [1.82, 2.24) is 5.16 Å². The van der Waals surface area contributed by atoms with Gasteiger partial charge in [0.25, 0.3) is 0 Å². The second-order valence-corrected chi connectivity index (χ2v) is 11.7. The molecule has 1 atom stereocenters. The molecule has 0 amide bonds. The van der Waals surface area contributed by atoms with Crippen LogP contribution < -0.4 is 0 Å². The first kappa shape index (κ1) is 25.9. The zero-order valence-corrected chi connectivity index (χ0v) is 22.8. The van der Waals surface area contributed by atoms with Crippen molar-refractivity contribution in [2.75, 3.05) is 0 Å². The molecule has 2 aliphatic rings. The summed E-state index contributed by atoms with van der Waals surface area (Å²) < 4.78 is 5.61. The minimum atomic E-state index is -0.260. The molecule has 1 unspecified atom stereocenters. The highest BCUT2D eigenvalue weighted by Gasteiger charge is 2.37. The first-order valence-electron chi connectivity index (χ1n) is 13.8. The predicted octanol–water partition coefficient (Wildman–Crippen LogP) is 7.65. The Bertz CT molecular complexity index is 1680. The van der Waals surface area contributed by atoms with Crippen molar-refractivity contribution in [2.45, 2.75) is 58.3 Å². The number of Topliss-reactive ketones (excluding diaryl/α,β-unsaturated/α-hetero) is 2. The molecule has 1 aromatic heterocycles. The second kappa shape index (κ2) is 10.3. The summed E-state index contributed by atoms with van der Waals surface area (Å²) in [5, 5.41) is 17.6. The van der Waals surface area contributed by atoms with Crippen molar-refractivity contribution in [1.29, 1.82) is 0 Å². The molecule has 2 aliphatic carbocycles. The number of benzene rings is 3. The number of ketones is 2. The standard InChI is InChI=1S/C34H32N2O4/c1-34(2)19-27(35-25-13-12-22-10-6-7-11-23(22)16-25)32(30(39)20-34)28(37)15-14-26-33-29(38)17-24(18-31(33)40-36-26)21-8-4-3-5-9-21/h3-13,16,24,37H,14-15,17-20H2,1-2H3. The maximum Gasteiger partial charge on any atom is 0.168 e. The number of aryl methyl sites for hydroxylation is 1. The third-order valence-electron chi connectivity index (χ3n) is 7.98. The fourth-order valence-corrected chi connectivity index (χ4v) is 6.05. The van der Waals surface area contributed by atoms with Gasteiger partial charge in [-0.2, -0.15) is 0 Å². The van der Waals surface area contributed by atoms with E-state index in [4.69, 9.17) is 9.52 Å². The fraction of sp³-hybridized carbons (Fsp3) is 0.294. The summed E-state index contributed by atoms with van der Waals surface area (Å²) in [6.45, 7) is 4.09. The number of fused-ring (bicyclic) bond motifs is 2. The lowest BCUT2D eigenvalue weighted by Gasteiger charge is -2.31. The molecule has 4 aromatic rings. The number of aromatic nitrogens is 1. The third kappa shape index (κ3) is 5.14. The van der Waals surface area contributed by atoms with Crippen molar-refractivity contribution in [2.24, 2.45) is 10.4 Å². The molecule has 202 valence electrons. The molecule has 0 spiro atoms. The molecule has 0 aliphatic heterocycles. The Hall–Kier alpha value is -4.32. The molecule has 40 heavy (non-hydrogen) atoms. The highest BCUT2D eigenvalue weighted by molar-refractivity contribution is 6.25. The molecule has 1 N–H and O–H groups in total. The van der Waals surface area contributed by atoms with E-state index in [-0.39, 0.29) is 35.1 Å². The lowest BCUT2D eigenvalue weighted by molar-refractivity contribution is -0.117. The van der Waals surface area contributed by atoms with Gasteiger partial charge in [0.15, 0.2) is 11.6 Å². The third-order valence-corrected chi connectivity index (χ3v) is 7.98. The number of nitrogens with zero attached hydrogens (tertiary/aromatic N) is 2. The molecule has 1 heterocycles. The van der Waals surface area contributed by atoms with Crippen LogP contribution in [0.2, 0.25) is 0 Å². The zero-order valence-electron chi connectivity index (χ0n) is 22.8. The first-order valence-corrected chi connectivity index (χ1v) is 13.8. The van der Waals surface area contributed by atoms with E-state index in [1.165, 1.54) is 0 Å². The molecule has 6 nitrogen and oxygen atoms in total. The quantitative estimate of drug-likeness (QED) is 0.210. The summed E-state index contributed by atoms with van der Waals surface area (Å²) in [5.41, 5.74) is 3.55. The first-order chi connectivity index (χ1) is 19.3. The van der Waals surface area contributed by atoms with Crippen molar-refractivity contribution < 1.29 is 19.2 Å². The van der Waals surface area contributed by atoms with Crippen molar-refractivity contribution >= 4 is 33.7 Å². The van der Waals surface area contributed by atoms with Crippen molar-refractivity contribution in [3.8, 4) is 0 Å². The minimum absolute atomic E-state index is 0.00699. The van der Waals surface area contributed by atoms with Crippen molar-refractivity contribution in [3.05, 3.63) is 107 Å². The largest absolute Gasteiger partial charge is 0.511 e. The molecule has 1 saturated carbocycles. The number of allylic oxidation sites excluding steroid dienone is 2. The van der Waals surface area contributed by atoms with E-state index in [1.807, 2.05) is 86.6 Å². The van der Waals surface area contributed by atoms with E-state index in [0.717, 1.165) is 22.0 Å². The summed E-state index contributed by atoms with van der Waals surface area (Å²) in [5.74, 6) is 0.544. The van der Waals surface area contributed by atoms with Gasteiger partial charge in [-0.25, -0.2) is 0 Å². The van der Waals surface area contributed by atoms with Gasteiger partial charge >= 0.3 is 0 Å². The van der Waals surface area contributed by atoms with Crippen LogP contribution in [0, 0.1) is 5.41 Å². The Kier molecular flexibility index (Phi) is 6.70. The monoisotopic (exact) mass is 532 g/mol. The average molecular weight is 533 g/mol.